The fraction of sp³-hybridized carbons (Fsp3) is 0.350. The average Bonchev–Trinajstić information content (AvgIpc) is 3.06. The van der Waals surface area contributed by atoms with E-state index in [1.54, 1.807) is 43.0 Å². The van der Waals surface area contributed by atoms with Gasteiger partial charge >= 0.3 is 0 Å². The van der Waals surface area contributed by atoms with Crippen molar-refractivity contribution < 1.29 is 21.6 Å². The predicted octanol–water partition coefficient (Wildman–Crippen LogP) is 2.56. The van der Waals surface area contributed by atoms with Gasteiger partial charge in [0.25, 0.3) is 0 Å². The van der Waals surface area contributed by atoms with Crippen LogP contribution < -0.4 is 9.62 Å². The molecule has 29 heavy (non-hydrogen) atoms. The molecule has 7 nitrogen and oxygen atoms in total. The van der Waals surface area contributed by atoms with E-state index in [0.29, 0.717) is 24.1 Å². The number of sulfonamides is 1. The molecule has 0 spiro atoms. The van der Waals surface area contributed by atoms with Crippen LogP contribution in [0.15, 0.2) is 52.3 Å². The number of rotatable bonds is 6. The summed E-state index contributed by atoms with van der Waals surface area (Å²) in [6.45, 7) is 4.12. The second kappa shape index (κ2) is 7.89. The lowest BCUT2D eigenvalue weighted by molar-refractivity contribution is -0.117. The van der Waals surface area contributed by atoms with E-state index in [2.05, 4.69) is 4.72 Å². The second-order valence-electron chi connectivity index (χ2n) is 7.28. The molecule has 2 aromatic carbocycles. The number of nitrogens with one attached hydrogen (secondary N) is 1. The van der Waals surface area contributed by atoms with Gasteiger partial charge in [-0.25, -0.2) is 21.6 Å². The number of hydrogen-bond acceptors (Lipinski definition) is 5. The minimum absolute atomic E-state index is 0.0491. The Hall–Kier alpha value is -2.23. The van der Waals surface area contributed by atoms with E-state index < -0.39 is 25.9 Å². The molecular formula is C20H24N2O5S2. The molecule has 1 N–H and O–H groups in total. The Labute approximate surface area is 171 Å². The van der Waals surface area contributed by atoms with Crippen LogP contribution in [0, 0.1) is 6.92 Å². The molecule has 0 saturated carbocycles. The van der Waals surface area contributed by atoms with Gasteiger partial charge < -0.3 is 4.90 Å². The summed E-state index contributed by atoms with van der Waals surface area (Å²) < 4.78 is 51.4. The quantitative estimate of drug-likeness (QED) is 0.750. The van der Waals surface area contributed by atoms with E-state index in [0.717, 1.165) is 18.4 Å². The molecule has 1 fully saturated rings. The first-order valence-electron chi connectivity index (χ1n) is 9.22. The van der Waals surface area contributed by atoms with Gasteiger partial charge in [0.05, 0.1) is 9.79 Å². The third-order valence-electron chi connectivity index (χ3n) is 4.98. The molecule has 9 heteroatoms. The second-order valence-corrected chi connectivity index (χ2v) is 11.0. The van der Waals surface area contributed by atoms with Crippen LogP contribution in [0.1, 0.15) is 36.9 Å². The van der Waals surface area contributed by atoms with Gasteiger partial charge in [0.15, 0.2) is 9.84 Å². The molecule has 0 aromatic heterocycles. The van der Waals surface area contributed by atoms with Gasteiger partial charge in [0.1, 0.15) is 0 Å². The Morgan fingerprint density at radius 2 is 1.62 bits per heavy atom. The van der Waals surface area contributed by atoms with Crippen LogP contribution in [0.5, 0.6) is 0 Å². The molecule has 1 aliphatic heterocycles. The molecule has 1 saturated heterocycles. The van der Waals surface area contributed by atoms with Gasteiger partial charge in [-0.15, -0.1) is 0 Å². The number of benzene rings is 2. The van der Waals surface area contributed by atoms with E-state index in [4.69, 9.17) is 0 Å². The highest BCUT2D eigenvalue weighted by Crippen LogP contribution is 2.28. The van der Waals surface area contributed by atoms with Gasteiger partial charge in [-0.1, -0.05) is 12.1 Å². The number of carbonyl (C=O) groups excluding carboxylic acids is 1. The first-order valence-corrected chi connectivity index (χ1v) is 12.6. The lowest BCUT2D eigenvalue weighted by Crippen LogP contribution is -2.28. The van der Waals surface area contributed by atoms with Crippen LogP contribution >= 0.6 is 0 Å². The zero-order chi connectivity index (χ0) is 21.4. The molecule has 1 aliphatic rings. The van der Waals surface area contributed by atoms with E-state index in [1.807, 2.05) is 0 Å². The summed E-state index contributed by atoms with van der Waals surface area (Å²) >= 11 is 0. The Balaban J connectivity index is 1.80. The number of aryl methyl sites for hydroxylation is 1. The smallest absolute Gasteiger partial charge is 0.241 e. The van der Waals surface area contributed by atoms with E-state index in [1.165, 1.54) is 18.2 Å². The van der Waals surface area contributed by atoms with Crippen molar-refractivity contribution in [2.45, 2.75) is 42.5 Å². The number of hydrogen-bond donors (Lipinski definition) is 1. The zero-order valence-electron chi connectivity index (χ0n) is 16.5. The number of anilines is 1. The summed E-state index contributed by atoms with van der Waals surface area (Å²) in [4.78, 5) is 13.9. The van der Waals surface area contributed by atoms with Crippen LogP contribution in [0.25, 0.3) is 0 Å². The fourth-order valence-corrected chi connectivity index (χ4v) is 5.32. The molecule has 1 atom stereocenters. The summed E-state index contributed by atoms with van der Waals surface area (Å²) in [5.74, 6) is 0.0491. The Morgan fingerprint density at radius 3 is 2.14 bits per heavy atom. The lowest BCUT2D eigenvalue weighted by atomic mass is 10.1. The highest BCUT2D eigenvalue weighted by molar-refractivity contribution is 7.90. The standard InChI is InChI=1S/C20H24N2O5S2/c1-14-13-18(10-11-19(14)22-12-4-5-20(22)23)29(26,27)21-15(2)16-6-8-17(9-7-16)28(3,24)25/h6-11,13,15,21H,4-5,12H2,1-3H3/t15-/m0/s1. The maximum absolute atomic E-state index is 12.8. The molecule has 156 valence electrons. The number of amides is 1. The van der Waals surface area contributed by atoms with Crippen molar-refractivity contribution in [2.75, 3.05) is 17.7 Å². The van der Waals surface area contributed by atoms with Crippen LogP contribution in [0.2, 0.25) is 0 Å². The summed E-state index contributed by atoms with van der Waals surface area (Å²) in [6.07, 6.45) is 2.43. The van der Waals surface area contributed by atoms with Crippen molar-refractivity contribution in [2.24, 2.45) is 0 Å². The van der Waals surface area contributed by atoms with Crippen LogP contribution in [-0.2, 0) is 24.7 Å². The Morgan fingerprint density at radius 1 is 1.00 bits per heavy atom. The largest absolute Gasteiger partial charge is 0.312 e. The predicted molar refractivity (Wildman–Crippen MR) is 111 cm³/mol. The van der Waals surface area contributed by atoms with Crippen LogP contribution in [0.4, 0.5) is 5.69 Å². The Kier molecular flexibility index (Phi) is 5.84. The first kappa shape index (κ1) is 21.5. The normalized spacial score (nSPS) is 16.2. The van der Waals surface area contributed by atoms with Gasteiger partial charge in [-0.05, 0) is 61.7 Å². The highest BCUT2D eigenvalue weighted by atomic mass is 32.2. The summed E-state index contributed by atoms with van der Waals surface area (Å²) in [7, 11) is -7.10. The van der Waals surface area contributed by atoms with Crippen LogP contribution in [-0.4, -0.2) is 35.5 Å². The van der Waals surface area contributed by atoms with Crippen LogP contribution in [0.3, 0.4) is 0 Å². The van der Waals surface area contributed by atoms with Crippen molar-refractivity contribution in [3.8, 4) is 0 Å². The maximum atomic E-state index is 12.8. The Bertz CT molecular complexity index is 1140. The van der Waals surface area contributed by atoms with Gasteiger partial charge in [-0.3, -0.25) is 4.79 Å². The molecule has 0 unspecified atom stereocenters. The fourth-order valence-electron chi connectivity index (χ4n) is 3.37. The number of sulfone groups is 1. The highest BCUT2D eigenvalue weighted by Gasteiger charge is 2.25. The van der Waals surface area contributed by atoms with Crippen molar-refractivity contribution in [1.29, 1.82) is 0 Å². The van der Waals surface area contributed by atoms with E-state index in [9.17, 15) is 21.6 Å². The molecule has 0 aliphatic carbocycles. The summed E-state index contributed by atoms with van der Waals surface area (Å²) in [5.41, 5.74) is 2.10. The monoisotopic (exact) mass is 436 g/mol. The third-order valence-corrected chi connectivity index (χ3v) is 7.65. The third kappa shape index (κ3) is 4.68. The van der Waals surface area contributed by atoms with Crippen molar-refractivity contribution >= 4 is 31.5 Å². The van der Waals surface area contributed by atoms with E-state index >= 15 is 0 Å². The molecule has 2 aromatic rings. The summed E-state index contributed by atoms with van der Waals surface area (Å²) in [5, 5.41) is 0. The number of nitrogens with zero attached hydrogens (tertiary/aromatic N) is 1. The number of carbonyl (C=O) groups is 1. The SMILES string of the molecule is Cc1cc(S(=O)(=O)N[C@@H](C)c2ccc(S(C)(=O)=O)cc2)ccc1N1CCCC1=O. The van der Waals surface area contributed by atoms with Crippen molar-refractivity contribution in [3.63, 3.8) is 0 Å². The minimum atomic E-state index is -3.79. The van der Waals surface area contributed by atoms with Crippen molar-refractivity contribution in [1.82, 2.24) is 4.72 Å². The zero-order valence-corrected chi connectivity index (χ0v) is 18.2. The summed E-state index contributed by atoms with van der Waals surface area (Å²) in [6, 6.07) is 10.3. The van der Waals surface area contributed by atoms with Gasteiger partial charge in [0, 0.05) is 31.0 Å². The molecule has 1 amide bonds. The van der Waals surface area contributed by atoms with E-state index in [-0.39, 0.29) is 15.7 Å². The van der Waals surface area contributed by atoms with Crippen molar-refractivity contribution in [3.05, 3.63) is 53.6 Å². The molecular weight excluding hydrogens is 412 g/mol. The molecule has 3 rings (SSSR count). The topological polar surface area (TPSA) is 101 Å². The first-order chi connectivity index (χ1) is 13.5. The minimum Gasteiger partial charge on any atom is -0.312 e. The molecule has 0 radical (unpaired) electrons. The van der Waals surface area contributed by atoms with Gasteiger partial charge in [-0.2, -0.15) is 0 Å². The lowest BCUT2D eigenvalue weighted by Gasteiger charge is -2.20. The van der Waals surface area contributed by atoms with Gasteiger partial charge in [0.2, 0.25) is 15.9 Å². The maximum Gasteiger partial charge on any atom is 0.241 e. The average molecular weight is 437 g/mol. The molecule has 1 heterocycles. The molecule has 0 bridgehead atoms.